The summed E-state index contributed by atoms with van der Waals surface area (Å²) in [5.74, 6) is 1.23. The molecule has 1 fully saturated rings. The van der Waals surface area contributed by atoms with Gasteiger partial charge >= 0.3 is 0 Å². The second-order valence-electron chi connectivity index (χ2n) is 5.27. The zero-order valence-corrected chi connectivity index (χ0v) is 10.0. The van der Waals surface area contributed by atoms with E-state index in [1.54, 1.807) is 0 Å². The average Bonchev–Trinajstić information content (AvgIpc) is 2.17. The van der Waals surface area contributed by atoms with Gasteiger partial charge < -0.3 is 5.11 Å². The zero-order valence-electron chi connectivity index (χ0n) is 10.0. The van der Waals surface area contributed by atoms with Crippen LogP contribution in [-0.4, -0.2) is 17.0 Å². The highest BCUT2D eigenvalue weighted by Gasteiger charge is 2.25. The van der Waals surface area contributed by atoms with E-state index in [4.69, 9.17) is 0 Å². The fraction of sp³-hybridized carbons (Fsp3) is 0.923. The van der Waals surface area contributed by atoms with Crippen molar-refractivity contribution in [2.75, 3.05) is 0 Å². The number of carbonyl (C=O) groups excluding carboxylic acids is 1. The SMILES string of the molecule is CC(C)CCCC(=O)C1CCCC(O)C1. The average molecular weight is 212 g/mol. The number of carbonyl (C=O) groups is 1. The maximum atomic E-state index is 11.8. The molecule has 1 rings (SSSR count). The number of hydrogen-bond donors (Lipinski definition) is 1. The highest BCUT2D eigenvalue weighted by Crippen LogP contribution is 2.26. The Labute approximate surface area is 93.1 Å². The summed E-state index contributed by atoms with van der Waals surface area (Å²) in [5.41, 5.74) is 0. The molecule has 0 aromatic rings. The van der Waals surface area contributed by atoms with Gasteiger partial charge in [-0.2, -0.15) is 0 Å². The first-order chi connectivity index (χ1) is 7.09. The summed E-state index contributed by atoms with van der Waals surface area (Å²) in [6.07, 6.45) is 6.26. The summed E-state index contributed by atoms with van der Waals surface area (Å²) < 4.78 is 0. The van der Waals surface area contributed by atoms with Crippen molar-refractivity contribution >= 4 is 5.78 Å². The van der Waals surface area contributed by atoms with Gasteiger partial charge in [0.15, 0.2) is 0 Å². The molecule has 1 N–H and O–H groups in total. The topological polar surface area (TPSA) is 37.3 Å². The summed E-state index contributed by atoms with van der Waals surface area (Å²) >= 11 is 0. The first kappa shape index (κ1) is 12.7. The summed E-state index contributed by atoms with van der Waals surface area (Å²) in [6, 6.07) is 0. The fourth-order valence-corrected chi connectivity index (χ4v) is 2.35. The van der Waals surface area contributed by atoms with Crippen LogP contribution < -0.4 is 0 Å². The van der Waals surface area contributed by atoms with Crippen LogP contribution in [0.15, 0.2) is 0 Å². The van der Waals surface area contributed by atoms with Gasteiger partial charge in [-0.05, 0) is 31.6 Å². The third kappa shape index (κ3) is 4.78. The van der Waals surface area contributed by atoms with E-state index in [1.165, 1.54) is 0 Å². The second-order valence-corrected chi connectivity index (χ2v) is 5.27. The Balaban J connectivity index is 2.21. The van der Waals surface area contributed by atoms with Crippen LogP contribution in [0.2, 0.25) is 0 Å². The largest absolute Gasteiger partial charge is 0.393 e. The fourth-order valence-electron chi connectivity index (χ4n) is 2.35. The number of ketones is 1. The molecule has 0 aromatic heterocycles. The van der Waals surface area contributed by atoms with E-state index in [-0.39, 0.29) is 12.0 Å². The van der Waals surface area contributed by atoms with Gasteiger partial charge in [0, 0.05) is 12.3 Å². The third-order valence-corrected chi connectivity index (χ3v) is 3.31. The number of Topliss-reactive ketones (excluding diaryl/α,β-unsaturated/α-hetero) is 1. The molecule has 1 saturated carbocycles. The number of hydrogen-bond acceptors (Lipinski definition) is 2. The van der Waals surface area contributed by atoms with E-state index in [0.29, 0.717) is 18.1 Å². The highest BCUT2D eigenvalue weighted by atomic mass is 16.3. The van der Waals surface area contributed by atoms with E-state index < -0.39 is 0 Å². The molecule has 2 unspecified atom stereocenters. The maximum absolute atomic E-state index is 11.8. The minimum atomic E-state index is -0.224. The van der Waals surface area contributed by atoms with E-state index >= 15 is 0 Å². The van der Waals surface area contributed by atoms with Crippen molar-refractivity contribution in [1.29, 1.82) is 0 Å². The number of rotatable bonds is 5. The van der Waals surface area contributed by atoms with Crippen molar-refractivity contribution in [1.82, 2.24) is 0 Å². The lowest BCUT2D eigenvalue weighted by atomic mass is 9.83. The Hall–Kier alpha value is -0.370. The Kier molecular flexibility index (Phi) is 5.30. The predicted molar refractivity (Wildman–Crippen MR) is 61.7 cm³/mol. The van der Waals surface area contributed by atoms with Crippen molar-refractivity contribution in [3.05, 3.63) is 0 Å². The lowest BCUT2D eigenvalue weighted by Gasteiger charge is -2.24. The van der Waals surface area contributed by atoms with Crippen molar-refractivity contribution in [3.8, 4) is 0 Å². The first-order valence-corrected chi connectivity index (χ1v) is 6.30. The van der Waals surface area contributed by atoms with Crippen LogP contribution in [0, 0.1) is 11.8 Å². The Bertz CT molecular complexity index is 199. The molecule has 0 aliphatic heterocycles. The molecule has 1 aliphatic carbocycles. The summed E-state index contributed by atoms with van der Waals surface area (Å²) in [7, 11) is 0. The van der Waals surface area contributed by atoms with Gasteiger partial charge in [-0.3, -0.25) is 4.79 Å². The maximum Gasteiger partial charge on any atom is 0.136 e. The predicted octanol–water partition coefficient (Wildman–Crippen LogP) is 2.93. The monoisotopic (exact) mass is 212 g/mol. The van der Waals surface area contributed by atoms with Gasteiger partial charge in [-0.15, -0.1) is 0 Å². The molecule has 2 atom stereocenters. The van der Waals surface area contributed by atoms with Crippen LogP contribution in [0.3, 0.4) is 0 Å². The van der Waals surface area contributed by atoms with Crippen molar-refractivity contribution in [2.45, 2.75) is 64.9 Å². The minimum absolute atomic E-state index is 0.154. The lowest BCUT2D eigenvalue weighted by molar-refractivity contribution is -0.125. The molecule has 0 spiro atoms. The van der Waals surface area contributed by atoms with E-state index in [2.05, 4.69) is 13.8 Å². The second kappa shape index (κ2) is 6.26. The number of aliphatic hydroxyl groups excluding tert-OH is 1. The minimum Gasteiger partial charge on any atom is -0.393 e. The van der Waals surface area contributed by atoms with Crippen LogP contribution in [0.1, 0.15) is 58.8 Å². The smallest absolute Gasteiger partial charge is 0.136 e. The standard InChI is InChI=1S/C13H24O2/c1-10(2)5-3-8-13(15)11-6-4-7-12(14)9-11/h10-12,14H,3-9H2,1-2H3. The molecule has 0 radical (unpaired) electrons. The van der Waals surface area contributed by atoms with Crippen LogP contribution in [0.25, 0.3) is 0 Å². The van der Waals surface area contributed by atoms with E-state index in [0.717, 1.165) is 38.5 Å². The van der Waals surface area contributed by atoms with Gasteiger partial charge in [0.05, 0.1) is 6.10 Å². The van der Waals surface area contributed by atoms with Crippen molar-refractivity contribution < 1.29 is 9.90 Å². The normalized spacial score (nSPS) is 26.9. The lowest BCUT2D eigenvalue weighted by Crippen LogP contribution is -2.25. The van der Waals surface area contributed by atoms with Crippen LogP contribution in [-0.2, 0) is 4.79 Å². The van der Waals surface area contributed by atoms with Crippen molar-refractivity contribution in [3.63, 3.8) is 0 Å². The summed E-state index contributed by atoms with van der Waals surface area (Å²) in [5, 5.41) is 9.49. The Morgan fingerprint density at radius 3 is 2.73 bits per heavy atom. The molecule has 0 heterocycles. The quantitative estimate of drug-likeness (QED) is 0.760. The third-order valence-electron chi connectivity index (χ3n) is 3.31. The molecule has 2 nitrogen and oxygen atoms in total. The molecule has 0 saturated heterocycles. The first-order valence-electron chi connectivity index (χ1n) is 6.30. The van der Waals surface area contributed by atoms with Gasteiger partial charge in [-0.25, -0.2) is 0 Å². The Morgan fingerprint density at radius 1 is 1.40 bits per heavy atom. The highest BCUT2D eigenvalue weighted by molar-refractivity contribution is 5.81. The van der Waals surface area contributed by atoms with Gasteiger partial charge in [0.2, 0.25) is 0 Å². The van der Waals surface area contributed by atoms with Gasteiger partial charge in [0.1, 0.15) is 5.78 Å². The number of aliphatic hydroxyl groups is 1. The van der Waals surface area contributed by atoms with E-state index in [9.17, 15) is 9.90 Å². The molecule has 0 aromatic carbocycles. The molecule has 1 aliphatic rings. The van der Waals surface area contributed by atoms with Gasteiger partial charge in [0.25, 0.3) is 0 Å². The molecule has 2 heteroatoms. The molecule has 88 valence electrons. The Morgan fingerprint density at radius 2 is 2.13 bits per heavy atom. The van der Waals surface area contributed by atoms with E-state index in [1.807, 2.05) is 0 Å². The summed E-state index contributed by atoms with van der Waals surface area (Å²) in [4.78, 5) is 11.8. The molecule has 15 heavy (non-hydrogen) atoms. The van der Waals surface area contributed by atoms with Crippen LogP contribution in [0.4, 0.5) is 0 Å². The summed E-state index contributed by atoms with van der Waals surface area (Å²) in [6.45, 7) is 4.38. The van der Waals surface area contributed by atoms with Crippen molar-refractivity contribution in [2.24, 2.45) is 11.8 Å². The van der Waals surface area contributed by atoms with Crippen LogP contribution in [0.5, 0.6) is 0 Å². The molecular weight excluding hydrogens is 188 g/mol. The molecule has 0 bridgehead atoms. The van der Waals surface area contributed by atoms with Crippen LogP contribution >= 0.6 is 0 Å². The van der Waals surface area contributed by atoms with Gasteiger partial charge in [-0.1, -0.05) is 26.7 Å². The molecule has 0 amide bonds. The zero-order chi connectivity index (χ0) is 11.3. The molecular formula is C13H24O2.